The number of halogens is 3. The van der Waals surface area contributed by atoms with Crippen LogP contribution in [-0.4, -0.2) is 19.0 Å². The molecule has 0 atom stereocenters. The molecule has 0 radical (unpaired) electrons. The second-order valence-corrected chi connectivity index (χ2v) is 5.54. The van der Waals surface area contributed by atoms with Gasteiger partial charge in [0, 0.05) is 5.69 Å². The smallest absolute Gasteiger partial charge is 0.238 e. The zero-order chi connectivity index (χ0) is 15.9. The first-order valence-corrected chi connectivity index (χ1v) is 7.50. The molecule has 3 nitrogen and oxygen atoms in total. The molecule has 0 fully saturated rings. The summed E-state index contributed by atoms with van der Waals surface area (Å²) in [4.78, 5) is 11.8. The quantitative estimate of drug-likeness (QED) is 0.783. The van der Waals surface area contributed by atoms with Crippen molar-refractivity contribution < 1.29 is 9.18 Å². The summed E-state index contributed by atoms with van der Waals surface area (Å²) in [7, 11) is 0. The van der Waals surface area contributed by atoms with Gasteiger partial charge in [0.15, 0.2) is 0 Å². The molecule has 22 heavy (non-hydrogen) atoms. The van der Waals surface area contributed by atoms with Crippen LogP contribution in [0.3, 0.4) is 0 Å². The number of anilines is 1. The minimum Gasteiger partial charge on any atom is -0.325 e. The predicted octanol–water partition coefficient (Wildman–Crippen LogP) is 3.90. The van der Waals surface area contributed by atoms with E-state index in [1.807, 2.05) is 0 Å². The van der Waals surface area contributed by atoms with Crippen molar-refractivity contribution in [2.24, 2.45) is 0 Å². The molecule has 2 N–H and O–H groups in total. The van der Waals surface area contributed by atoms with Gasteiger partial charge < -0.3 is 10.6 Å². The third kappa shape index (κ3) is 5.30. The van der Waals surface area contributed by atoms with Crippen LogP contribution in [0.5, 0.6) is 0 Å². The number of carbonyl (C=O) groups is 1. The fraction of sp³-hybridized carbons (Fsp3) is 0.188. The Hall–Kier alpha value is -1.62. The second-order valence-electron chi connectivity index (χ2n) is 4.73. The standard InChI is InChI=1S/C16H15Cl2FN2O/c17-14-6-5-13(9-15(14)18)21-16(22)10-20-8-7-11-1-3-12(19)4-2-11/h1-6,9,20H,7-8,10H2,(H,21,22). The number of amides is 1. The van der Waals surface area contributed by atoms with Crippen LogP contribution >= 0.6 is 23.2 Å². The van der Waals surface area contributed by atoms with Crippen molar-refractivity contribution in [2.75, 3.05) is 18.4 Å². The Labute approximate surface area is 138 Å². The van der Waals surface area contributed by atoms with Gasteiger partial charge in [0.2, 0.25) is 5.91 Å². The van der Waals surface area contributed by atoms with E-state index in [4.69, 9.17) is 23.2 Å². The van der Waals surface area contributed by atoms with Gasteiger partial charge in [-0.25, -0.2) is 4.39 Å². The average molecular weight is 341 g/mol. The van der Waals surface area contributed by atoms with Crippen molar-refractivity contribution in [3.05, 3.63) is 63.9 Å². The summed E-state index contributed by atoms with van der Waals surface area (Å²) in [6.45, 7) is 0.807. The molecule has 2 rings (SSSR count). The summed E-state index contributed by atoms with van der Waals surface area (Å²) in [5.74, 6) is -0.421. The van der Waals surface area contributed by atoms with Gasteiger partial charge in [-0.1, -0.05) is 35.3 Å². The van der Waals surface area contributed by atoms with E-state index in [0.29, 0.717) is 22.3 Å². The molecule has 0 aliphatic heterocycles. The minimum absolute atomic E-state index is 0.169. The molecule has 0 bridgehead atoms. The highest BCUT2D eigenvalue weighted by molar-refractivity contribution is 6.42. The molecule has 0 aliphatic carbocycles. The molecule has 0 saturated heterocycles. The average Bonchev–Trinajstić information content (AvgIpc) is 2.49. The Morgan fingerprint density at radius 3 is 2.45 bits per heavy atom. The van der Waals surface area contributed by atoms with Gasteiger partial charge in [-0.05, 0) is 48.9 Å². The normalized spacial score (nSPS) is 10.5. The fourth-order valence-corrected chi connectivity index (χ4v) is 2.16. The van der Waals surface area contributed by atoms with Gasteiger partial charge in [0.25, 0.3) is 0 Å². The van der Waals surface area contributed by atoms with Crippen LogP contribution in [0.4, 0.5) is 10.1 Å². The summed E-state index contributed by atoms with van der Waals surface area (Å²) >= 11 is 11.7. The molecule has 0 saturated carbocycles. The van der Waals surface area contributed by atoms with E-state index in [1.54, 1.807) is 30.3 Å². The monoisotopic (exact) mass is 340 g/mol. The Bertz CT molecular complexity index is 647. The summed E-state index contributed by atoms with van der Waals surface area (Å²) in [6, 6.07) is 11.2. The molecule has 2 aromatic rings. The number of hydrogen-bond acceptors (Lipinski definition) is 2. The van der Waals surface area contributed by atoms with Crippen LogP contribution in [0.2, 0.25) is 10.0 Å². The van der Waals surface area contributed by atoms with Crippen molar-refractivity contribution in [3.8, 4) is 0 Å². The molecule has 0 heterocycles. The lowest BCUT2D eigenvalue weighted by Gasteiger charge is -2.08. The fourth-order valence-electron chi connectivity index (χ4n) is 1.86. The Balaban J connectivity index is 1.71. The van der Waals surface area contributed by atoms with Crippen LogP contribution in [0.1, 0.15) is 5.56 Å². The number of hydrogen-bond donors (Lipinski definition) is 2. The number of benzene rings is 2. The molecule has 2 aromatic carbocycles. The van der Waals surface area contributed by atoms with Crippen molar-refractivity contribution in [1.29, 1.82) is 0 Å². The van der Waals surface area contributed by atoms with Gasteiger partial charge in [-0.2, -0.15) is 0 Å². The molecule has 0 unspecified atom stereocenters. The zero-order valence-corrected chi connectivity index (χ0v) is 13.2. The SMILES string of the molecule is O=C(CNCCc1ccc(F)cc1)Nc1ccc(Cl)c(Cl)c1. The van der Waals surface area contributed by atoms with E-state index in [-0.39, 0.29) is 18.3 Å². The molecule has 0 spiro atoms. The molecule has 6 heteroatoms. The molecule has 0 aromatic heterocycles. The maximum atomic E-state index is 12.8. The largest absolute Gasteiger partial charge is 0.325 e. The maximum Gasteiger partial charge on any atom is 0.238 e. The summed E-state index contributed by atoms with van der Waals surface area (Å²) in [5.41, 5.74) is 1.61. The highest BCUT2D eigenvalue weighted by atomic mass is 35.5. The van der Waals surface area contributed by atoms with Gasteiger partial charge >= 0.3 is 0 Å². The van der Waals surface area contributed by atoms with E-state index < -0.39 is 0 Å². The van der Waals surface area contributed by atoms with Crippen LogP contribution < -0.4 is 10.6 Å². The molecule has 1 amide bonds. The zero-order valence-electron chi connectivity index (χ0n) is 11.7. The van der Waals surface area contributed by atoms with Crippen LogP contribution in [0, 0.1) is 5.82 Å². The van der Waals surface area contributed by atoms with Gasteiger partial charge in [-0.15, -0.1) is 0 Å². The predicted molar refractivity (Wildman–Crippen MR) is 88.1 cm³/mol. The first kappa shape index (κ1) is 16.7. The molecule has 116 valence electrons. The number of nitrogens with one attached hydrogen (secondary N) is 2. The molecule has 0 aliphatic rings. The van der Waals surface area contributed by atoms with E-state index in [1.165, 1.54) is 12.1 Å². The molecular weight excluding hydrogens is 326 g/mol. The van der Waals surface area contributed by atoms with Crippen molar-refractivity contribution in [3.63, 3.8) is 0 Å². The second kappa shape index (κ2) is 8.13. The molecular formula is C16H15Cl2FN2O. The van der Waals surface area contributed by atoms with Crippen LogP contribution in [0.25, 0.3) is 0 Å². The van der Waals surface area contributed by atoms with Crippen LogP contribution in [-0.2, 0) is 11.2 Å². The highest BCUT2D eigenvalue weighted by Gasteiger charge is 2.04. The lowest BCUT2D eigenvalue weighted by atomic mass is 10.1. The minimum atomic E-state index is -0.252. The Kier molecular flexibility index (Phi) is 6.19. The van der Waals surface area contributed by atoms with Crippen molar-refractivity contribution >= 4 is 34.8 Å². The lowest BCUT2D eigenvalue weighted by molar-refractivity contribution is -0.115. The van der Waals surface area contributed by atoms with Crippen molar-refractivity contribution in [1.82, 2.24) is 5.32 Å². The number of carbonyl (C=O) groups excluding carboxylic acids is 1. The first-order chi connectivity index (χ1) is 10.5. The Morgan fingerprint density at radius 2 is 1.77 bits per heavy atom. The summed E-state index contributed by atoms with van der Waals surface area (Å²) in [6.07, 6.45) is 0.723. The van der Waals surface area contributed by atoms with E-state index in [2.05, 4.69) is 10.6 Å². The number of rotatable bonds is 6. The van der Waals surface area contributed by atoms with Gasteiger partial charge in [-0.3, -0.25) is 4.79 Å². The highest BCUT2D eigenvalue weighted by Crippen LogP contribution is 2.24. The summed E-state index contributed by atoms with van der Waals surface area (Å²) in [5, 5.41) is 6.59. The lowest BCUT2D eigenvalue weighted by Crippen LogP contribution is -2.29. The van der Waals surface area contributed by atoms with Crippen molar-refractivity contribution in [2.45, 2.75) is 6.42 Å². The van der Waals surface area contributed by atoms with E-state index in [0.717, 1.165) is 12.0 Å². The summed E-state index contributed by atoms with van der Waals surface area (Å²) < 4.78 is 12.8. The third-order valence-corrected chi connectivity index (χ3v) is 3.73. The van der Waals surface area contributed by atoms with Gasteiger partial charge in [0.1, 0.15) is 5.82 Å². The maximum absolute atomic E-state index is 12.8. The van der Waals surface area contributed by atoms with E-state index in [9.17, 15) is 9.18 Å². The topological polar surface area (TPSA) is 41.1 Å². The Morgan fingerprint density at radius 1 is 1.05 bits per heavy atom. The third-order valence-electron chi connectivity index (χ3n) is 2.99. The van der Waals surface area contributed by atoms with Gasteiger partial charge in [0.05, 0.1) is 16.6 Å². The van der Waals surface area contributed by atoms with Crippen LogP contribution in [0.15, 0.2) is 42.5 Å². The first-order valence-electron chi connectivity index (χ1n) is 6.74. The van der Waals surface area contributed by atoms with E-state index >= 15 is 0 Å².